The third-order valence-corrected chi connectivity index (χ3v) is 2.51. The van der Waals surface area contributed by atoms with Gasteiger partial charge in [0.25, 0.3) is 0 Å². The van der Waals surface area contributed by atoms with Crippen LogP contribution in [0.25, 0.3) is 22.4 Å². The van der Waals surface area contributed by atoms with Gasteiger partial charge in [0.1, 0.15) is 11.3 Å². The van der Waals surface area contributed by atoms with Crippen LogP contribution in [0.15, 0.2) is 46.9 Å². The summed E-state index contributed by atoms with van der Waals surface area (Å²) in [6.45, 7) is 0. The van der Waals surface area contributed by atoms with Crippen LogP contribution in [0.5, 0.6) is 0 Å². The van der Waals surface area contributed by atoms with Crippen LogP contribution in [0.4, 0.5) is 0 Å². The van der Waals surface area contributed by atoms with Crippen molar-refractivity contribution in [3.8, 4) is 11.5 Å². The van der Waals surface area contributed by atoms with E-state index in [4.69, 9.17) is 16.0 Å². The molecule has 78 valence electrons. The average Bonchev–Trinajstić information content (AvgIpc) is 2.73. The highest BCUT2D eigenvalue weighted by molar-refractivity contribution is 6.29. The van der Waals surface area contributed by atoms with Gasteiger partial charge in [-0.3, -0.25) is 0 Å². The van der Waals surface area contributed by atoms with Crippen molar-refractivity contribution in [1.29, 1.82) is 0 Å². The Bertz CT molecular complexity index is 598. The summed E-state index contributed by atoms with van der Waals surface area (Å²) >= 11 is 5.67. The van der Waals surface area contributed by atoms with Crippen molar-refractivity contribution < 1.29 is 4.42 Å². The molecule has 0 aliphatic rings. The average molecular weight is 231 g/mol. The zero-order valence-electron chi connectivity index (χ0n) is 8.22. The summed E-state index contributed by atoms with van der Waals surface area (Å²) in [6.07, 6.45) is 0. The summed E-state index contributed by atoms with van der Waals surface area (Å²) in [4.78, 5) is 0. The zero-order valence-corrected chi connectivity index (χ0v) is 8.98. The number of hydrogen-bond donors (Lipinski definition) is 0. The van der Waals surface area contributed by atoms with Crippen molar-refractivity contribution in [3.05, 3.63) is 47.6 Å². The van der Waals surface area contributed by atoms with E-state index in [1.807, 2.05) is 30.3 Å². The number of furan rings is 1. The van der Waals surface area contributed by atoms with Gasteiger partial charge in [-0.25, -0.2) is 0 Å². The molecule has 1 aromatic carbocycles. The molecule has 3 nitrogen and oxygen atoms in total. The second kappa shape index (κ2) is 3.61. The normalized spacial score (nSPS) is 10.8. The fraction of sp³-hybridized carbons (Fsp3) is 0. The van der Waals surface area contributed by atoms with Crippen molar-refractivity contribution in [1.82, 2.24) is 10.2 Å². The summed E-state index contributed by atoms with van der Waals surface area (Å²) in [5.74, 6) is 0.699. The van der Waals surface area contributed by atoms with Crippen LogP contribution < -0.4 is 0 Å². The van der Waals surface area contributed by atoms with Crippen LogP contribution >= 0.6 is 11.6 Å². The molecule has 0 saturated carbocycles. The highest BCUT2D eigenvalue weighted by Gasteiger charge is 2.07. The third-order valence-electron chi connectivity index (χ3n) is 2.31. The molecule has 3 aromatic rings. The number of aromatic nitrogens is 2. The highest BCUT2D eigenvalue weighted by atomic mass is 35.5. The number of fused-ring (bicyclic) bond motifs is 1. The van der Waals surface area contributed by atoms with E-state index in [9.17, 15) is 0 Å². The van der Waals surface area contributed by atoms with Crippen LogP contribution in [0.2, 0.25) is 5.15 Å². The highest BCUT2D eigenvalue weighted by Crippen LogP contribution is 2.26. The largest absolute Gasteiger partial charge is 0.454 e. The Kier molecular flexibility index (Phi) is 2.11. The first-order valence-corrected chi connectivity index (χ1v) is 5.19. The summed E-state index contributed by atoms with van der Waals surface area (Å²) < 4.78 is 5.65. The molecule has 16 heavy (non-hydrogen) atoms. The quantitative estimate of drug-likeness (QED) is 0.642. The molecule has 0 spiro atoms. The van der Waals surface area contributed by atoms with Gasteiger partial charge >= 0.3 is 0 Å². The van der Waals surface area contributed by atoms with Gasteiger partial charge < -0.3 is 4.42 Å². The number of para-hydroxylation sites is 1. The first-order chi connectivity index (χ1) is 7.83. The Balaban J connectivity index is 2.15. The van der Waals surface area contributed by atoms with Gasteiger partial charge in [0.15, 0.2) is 10.9 Å². The summed E-state index contributed by atoms with van der Waals surface area (Å²) in [7, 11) is 0. The maximum Gasteiger partial charge on any atom is 0.155 e. The van der Waals surface area contributed by atoms with E-state index in [-0.39, 0.29) is 0 Å². The second-order valence-corrected chi connectivity index (χ2v) is 3.78. The summed E-state index contributed by atoms with van der Waals surface area (Å²) in [5, 5.41) is 9.17. The lowest BCUT2D eigenvalue weighted by atomic mass is 10.2. The minimum Gasteiger partial charge on any atom is -0.454 e. The molecule has 0 unspecified atom stereocenters. The predicted molar refractivity (Wildman–Crippen MR) is 62.3 cm³/mol. The molecule has 0 amide bonds. The molecule has 2 heterocycles. The van der Waals surface area contributed by atoms with Crippen molar-refractivity contribution in [2.45, 2.75) is 0 Å². The standard InChI is InChI=1S/C12H7ClN2O/c13-12-6-5-9(14-15-12)11-7-8-3-1-2-4-10(8)16-11/h1-7H. The summed E-state index contributed by atoms with van der Waals surface area (Å²) in [6, 6.07) is 13.2. The molecule has 0 aliphatic heterocycles. The fourth-order valence-electron chi connectivity index (χ4n) is 1.56. The van der Waals surface area contributed by atoms with E-state index in [0.29, 0.717) is 16.6 Å². The molecule has 0 aliphatic carbocycles. The third kappa shape index (κ3) is 1.55. The first kappa shape index (κ1) is 9.36. The smallest absolute Gasteiger partial charge is 0.155 e. The van der Waals surface area contributed by atoms with Gasteiger partial charge in [-0.2, -0.15) is 0 Å². The van der Waals surface area contributed by atoms with Crippen molar-refractivity contribution >= 4 is 22.6 Å². The predicted octanol–water partition coefficient (Wildman–Crippen LogP) is 3.54. The molecule has 4 heteroatoms. The SMILES string of the molecule is Clc1ccc(-c2cc3ccccc3o2)nn1. The van der Waals surface area contributed by atoms with Gasteiger partial charge in [0, 0.05) is 5.39 Å². The minimum atomic E-state index is 0.375. The van der Waals surface area contributed by atoms with Gasteiger partial charge in [-0.05, 0) is 24.3 Å². The Morgan fingerprint density at radius 1 is 1.00 bits per heavy atom. The van der Waals surface area contributed by atoms with Crippen LogP contribution in [0, 0.1) is 0 Å². The molecule has 0 radical (unpaired) electrons. The molecule has 3 rings (SSSR count). The van der Waals surface area contributed by atoms with Crippen LogP contribution in [-0.4, -0.2) is 10.2 Å². The number of benzene rings is 1. The fourth-order valence-corrected chi connectivity index (χ4v) is 1.66. The Morgan fingerprint density at radius 2 is 1.88 bits per heavy atom. The van der Waals surface area contributed by atoms with E-state index in [2.05, 4.69) is 10.2 Å². The van der Waals surface area contributed by atoms with Gasteiger partial charge in [0.2, 0.25) is 0 Å². The topological polar surface area (TPSA) is 38.9 Å². The molecule has 0 atom stereocenters. The number of halogens is 1. The van der Waals surface area contributed by atoms with Crippen LogP contribution in [0.1, 0.15) is 0 Å². The Hall–Kier alpha value is -1.87. The first-order valence-electron chi connectivity index (χ1n) is 4.81. The molecule has 0 N–H and O–H groups in total. The lowest BCUT2D eigenvalue weighted by Crippen LogP contribution is -1.84. The van der Waals surface area contributed by atoms with Crippen molar-refractivity contribution in [3.63, 3.8) is 0 Å². The number of nitrogens with zero attached hydrogens (tertiary/aromatic N) is 2. The van der Waals surface area contributed by atoms with E-state index in [1.165, 1.54) is 0 Å². The molecular formula is C12H7ClN2O. The number of rotatable bonds is 1. The van der Waals surface area contributed by atoms with Crippen LogP contribution in [0.3, 0.4) is 0 Å². The maximum atomic E-state index is 5.67. The number of hydrogen-bond acceptors (Lipinski definition) is 3. The van der Waals surface area contributed by atoms with E-state index in [1.54, 1.807) is 12.1 Å². The zero-order chi connectivity index (χ0) is 11.0. The van der Waals surface area contributed by atoms with E-state index in [0.717, 1.165) is 11.0 Å². The van der Waals surface area contributed by atoms with Gasteiger partial charge in [0.05, 0.1) is 0 Å². The lowest BCUT2D eigenvalue weighted by molar-refractivity contribution is 0.627. The minimum absolute atomic E-state index is 0.375. The molecule has 0 fully saturated rings. The van der Waals surface area contributed by atoms with Crippen molar-refractivity contribution in [2.75, 3.05) is 0 Å². The Labute approximate surface area is 96.7 Å². The van der Waals surface area contributed by atoms with Crippen LogP contribution in [-0.2, 0) is 0 Å². The maximum absolute atomic E-state index is 5.67. The molecular weight excluding hydrogens is 224 g/mol. The molecule has 0 bridgehead atoms. The van der Waals surface area contributed by atoms with E-state index >= 15 is 0 Å². The Morgan fingerprint density at radius 3 is 2.62 bits per heavy atom. The van der Waals surface area contributed by atoms with E-state index < -0.39 is 0 Å². The second-order valence-electron chi connectivity index (χ2n) is 3.39. The van der Waals surface area contributed by atoms with Gasteiger partial charge in [-0.15, -0.1) is 10.2 Å². The van der Waals surface area contributed by atoms with Crippen molar-refractivity contribution in [2.24, 2.45) is 0 Å². The molecule has 0 saturated heterocycles. The summed E-state index contributed by atoms with van der Waals surface area (Å²) in [5.41, 5.74) is 1.52. The monoisotopic (exact) mass is 230 g/mol. The van der Waals surface area contributed by atoms with Gasteiger partial charge in [-0.1, -0.05) is 29.8 Å². The lowest BCUT2D eigenvalue weighted by Gasteiger charge is -1.93. The molecule has 2 aromatic heterocycles.